The van der Waals surface area contributed by atoms with Gasteiger partial charge >= 0.3 is 0 Å². The zero-order valence-electron chi connectivity index (χ0n) is 45.3. The van der Waals surface area contributed by atoms with Crippen LogP contribution in [-0.4, -0.2) is 0 Å². The summed E-state index contributed by atoms with van der Waals surface area (Å²) < 4.78 is 2.56. The molecule has 3 aliphatic rings. The Morgan fingerprint density at radius 2 is 0.783 bits per heavy atom. The molecule has 1 aliphatic heterocycles. The lowest BCUT2D eigenvalue weighted by Gasteiger charge is -2.45. The van der Waals surface area contributed by atoms with Crippen LogP contribution in [0.2, 0.25) is 0 Å². The molecule has 0 saturated carbocycles. The van der Waals surface area contributed by atoms with Gasteiger partial charge in [0.25, 0.3) is 0 Å². The van der Waals surface area contributed by atoms with E-state index in [0.717, 1.165) is 28.3 Å². The fourth-order valence-corrected chi connectivity index (χ4v) is 15.9. The Kier molecular flexibility index (Phi) is 10.7. The highest BCUT2D eigenvalue weighted by atomic mass is 32.1. The van der Waals surface area contributed by atoms with Crippen LogP contribution >= 0.6 is 11.3 Å². The summed E-state index contributed by atoms with van der Waals surface area (Å²) >= 11 is 1.86. The fourth-order valence-electron chi connectivity index (χ4n) is 14.7. The molecule has 0 amide bonds. The highest BCUT2D eigenvalue weighted by Crippen LogP contribution is 2.67. The zero-order valence-corrected chi connectivity index (χ0v) is 46.1. The normalized spacial score (nSPS) is 14.9. The minimum absolute atomic E-state index is 0.539. The molecular weight excluding hydrogens is 1020 g/mol. The van der Waals surface area contributed by atoms with Gasteiger partial charge in [-0.2, -0.15) is 0 Å². The van der Waals surface area contributed by atoms with Crippen LogP contribution in [0.5, 0.6) is 0 Å². The summed E-state index contributed by atoms with van der Waals surface area (Å²) in [5.74, 6) is 0. The molecule has 0 bridgehead atoms. The van der Waals surface area contributed by atoms with Crippen LogP contribution in [0.3, 0.4) is 0 Å². The number of anilines is 6. The Morgan fingerprint density at radius 3 is 1.52 bits per heavy atom. The molecule has 0 fully saturated rings. The topological polar surface area (TPSA) is 6.48 Å². The lowest BCUT2D eigenvalue weighted by Crippen LogP contribution is -2.36. The minimum Gasteiger partial charge on any atom is -0.310 e. The van der Waals surface area contributed by atoms with Crippen molar-refractivity contribution in [2.75, 3.05) is 9.80 Å². The largest absolute Gasteiger partial charge is 0.310 e. The van der Waals surface area contributed by atoms with Gasteiger partial charge in [-0.15, -0.1) is 11.3 Å². The van der Waals surface area contributed by atoms with E-state index in [1.807, 2.05) is 11.3 Å². The summed E-state index contributed by atoms with van der Waals surface area (Å²) in [4.78, 5) is 5.00. The first-order valence-corrected chi connectivity index (χ1v) is 29.5. The van der Waals surface area contributed by atoms with Crippen molar-refractivity contribution >= 4 is 65.6 Å². The van der Waals surface area contributed by atoms with Gasteiger partial charge in [-0.25, -0.2) is 0 Å². The average Bonchev–Trinajstić information content (AvgIpc) is 1.64. The number of benzene rings is 13. The third kappa shape index (κ3) is 6.89. The van der Waals surface area contributed by atoms with Crippen molar-refractivity contribution < 1.29 is 0 Å². The summed E-state index contributed by atoms with van der Waals surface area (Å²) in [6.07, 6.45) is 0. The highest BCUT2D eigenvalue weighted by Gasteiger charge is 2.53. The number of hydrogen-bond donors (Lipinski definition) is 0. The van der Waals surface area contributed by atoms with Gasteiger partial charge < -0.3 is 9.80 Å². The van der Waals surface area contributed by atoms with E-state index in [1.54, 1.807) is 0 Å². The summed E-state index contributed by atoms with van der Waals surface area (Å²) in [7, 11) is 0. The summed E-state index contributed by atoms with van der Waals surface area (Å²) in [5.41, 5.74) is 25.7. The molecule has 14 aromatic rings. The number of nitrogens with zero attached hydrogens (tertiary/aromatic N) is 2. The first-order chi connectivity index (χ1) is 41.2. The molecule has 17 rings (SSSR count). The number of fused-ring (bicyclic) bond motifs is 11. The van der Waals surface area contributed by atoms with Gasteiger partial charge in [0.15, 0.2) is 0 Å². The monoisotopic (exact) mass is 1070 g/mol. The Balaban J connectivity index is 0.855. The number of hydrogen-bond acceptors (Lipinski definition) is 3. The predicted molar refractivity (Wildman–Crippen MR) is 348 cm³/mol. The van der Waals surface area contributed by atoms with Crippen LogP contribution in [0.25, 0.3) is 64.7 Å². The van der Waals surface area contributed by atoms with Gasteiger partial charge in [0.2, 0.25) is 0 Å². The number of para-hydroxylation sites is 2. The van der Waals surface area contributed by atoms with Crippen molar-refractivity contribution in [2.45, 2.75) is 10.8 Å². The van der Waals surface area contributed by atoms with Crippen LogP contribution < -0.4 is 9.80 Å². The van der Waals surface area contributed by atoms with Crippen molar-refractivity contribution in [3.63, 3.8) is 0 Å². The smallest absolute Gasteiger partial charge is 0.0754 e. The molecule has 2 nitrogen and oxygen atoms in total. The molecule has 1 aromatic heterocycles. The van der Waals surface area contributed by atoms with Gasteiger partial charge in [0.05, 0.1) is 22.2 Å². The zero-order chi connectivity index (χ0) is 54.6. The number of thiophene rings is 1. The summed E-state index contributed by atoms with van der Waals surface area (Å²) in [6, 6.07) is 118. The molecule has 0 N–H and O–H groups in total. The minimum atomic E-state index is -0.617. The van der Waals surface area contributed by atoms with E-state index in [0.29, 0.717) is 0 Å². The third-order valence-corrected chi connectivity index (χ3v) is 19.3. The van der Waals surface area contributed by atoms with E-state index >= 15 is 0 Å². The van der Waals surface area contributed by atoms with Crippen molar-refractivity contribution in [3.05, 3.63) is 360 Å². The van der Waals surface area contributed by atoms with Crippen molar-refractivity contribution in [3.8, 4) is 44.5 Å². The molecule has 388 valence electrons. The molecule has 0 spiro atoms. The van der Waals surface area contributed by atoms with E-state index < -0.39 is 10.8 Å². The molecule has 13 aromatic carbocycles. The molecule has 1 atom stereocenters. The van der Waals surface area contributed by atoms with E-state index in [2.05, 4.69) is 325 Å². The standard InChI is InChI=1S/C80H52N2S/c1-6-22-54(23-7-1)63-48-49-69-66-45-40-55(50-72(66)80(58-28-12-4-13-29-58)71-35-19-20-36-74(71)82(78(63)77(69)80)59-30-14-5-15-31-59)53-38-41-60(42-39-53)81(62-44-47-68-67-33-17-21-37-75(67)83-76(68)52-62)61-43-46-65-64-32-16-18-34-70(64)79(73(65)51-61,56-24-8-2-9-25-56)57-26-10-3-11-27-57/h1-52H. The van der Waals surface area contributed by atoms with Crippen LogP contribution in [0, 0.1) is 0 Å². The molecule has 83 heavy (non-hydrogen) atoms. The summed E-state index contributed by atoms with van der Waals surface area (Å²) in [6.45, 7) is 0. The van der Waals surface area contributed by atoms with Crippen LogP contribution in [-0.2, 0) is 10.8 Å². The molecular formula is C80H52N2S. The Labute approximate surface area is 487 Å². The fraction of sp³-hybridized carbons (Fsp3) is 0.0250. The van der Waals surface area contributed by atoms with Crippen LogP contribution in [0.1, 0.15) is 44.5 Å². The summed E-state index contributed by atoms with van der Waals surface area (Å²) in [5, 5.41) is 2.58. The first kappa shape index (κ1) is 47.5. The van der Waals surface area contributed by atoms with Gasteiger partial charge in [-0.05, 0) is 145 Å². The van der Waals surface area contributed by atoms with Gasteiger partial charge in [-0.3, -0.25) is 0 Å². The molecule has 1 unspecified atom stereocenters. The lowest BCUT2D eigenvalue weighted by molar-refractivity contribution is 0.754. The molecule has 0 radical (unpaired) electrons. The van der Waals surface area contributed by atoms with Crippen molar-refractivity contribution in [2.24, 2.45) is 0 Å². The maximum absolute atomic E-state index is 2.52. The second-order valence-corrected chi connectivity index (χ2v) is 23.3. The molecule has 3 heteroatoms. The molecule has 0 saturated heterocycles. The quantitative estimate of drug-likeness (QED) is 0.142. The molecule has 2 aliphatic carbocycles. The number of rotatable bonds is 9. The maximum atomic E-state index is 2.52. The Morgan fingerprint density at radius 1 is 0.289 bits per heavy atom. The van der Waals surface area contributed by atoms with Gasteiger partial charge in [-0.1, -0.05) is 249 Å². The SMILES string of the molecule is c1ccc(-c2ccc3c4c2N(c2ccccc2)c2ccccc2C4(c2ccccc2)c2cc(-c4ccc(N(c5ccc6c(c5)C(c5ccccc5)(c5ccccc5)c5ccccc5-6)c5ccc6c(c5)sc5ccccc56)cc4)ccc2-3)cc1. The second kappa shape index (κ2) is 18.6. The lowest BCUT2D eigenvalue weighted by atomic mass is 9.64. The van der Waals surface area contributed by atoms with E-state index in [1.165, 1.54) is 115 Å². The Bertz CT molecular complexity index is 4800. The second-order valence-electron chi connectivity index (χ2n) is 22.2. The Hall–Kier alpha value is -10.3. The van der Waals surface area contributed by atoms with Crippen LogP contribution in [0.4, 0.5) is 34.1 Å². The van der Waals surface area contributed by atoms with Crippen LogP contribution in [0.15, 0.2) is 315 Å². The highest BCUT2D eigenvalue weighted by molar-refractivity contribution is 7.25. The van der Waals surface area contributed by atoms with Gasteiger partial charge in [0, 0.05) is 54.0 Å². The third-order valence-electron chi connectivity index (χ3n) is 18.1. The predicted octanol–water partition coefficient (Wildman–Crippen LogP) is 21.4. The van der Waals surface area contributed by atoms with E-state index in [4.69, 9.17) is 0 Å². The van der Waals surface area contributed by atoms with Crippen molar-refractivity contribution in [1.29, 1.82) is 0 Å². The average molecular weight is 1070 g/mol. The van der Waals surface area contributed by atoms with E-state index in [-0.39, 0.29) is 0 Å². The first-order valence-electron chi connectivity index (χ1n) is 28.7. The van der Waals surface area contributed by atoms with Gasteiger partial charge in [0.1, 0.15) is 0 Å². The maximum Gasteiger partial charge on any atom is 0.0754 e. The molecule has 2 heterocycles. The van der Waals surface area contributed by atoms with E-state index in [9.17, 15) is 0 Å². The van der Waals surface area contributed by atoms with Crippen molar-refractivity contribution in [1.82, 2.24) is 0 Å².